The van der Waals surface area contributed by atoms with Crippen molar-refractivity contribution in [2.75, 3.05) is 37.6 Å². The van der Waals surface area contributed by atoms with E-state index in [0.29, 0.717) is 26.2 Å². The summed E-state index contributed by atoms with van der Waals surface area (Å²) < 4.78 is 36.9. The third-order valence-corrected chi connectivity index (χ3v) is 3.52. The molecule has 0 saturated carbocycles. The van der Waals surface area contributed by atoms with Crippen LogP contribution in [0.15, 0.2) is 24.3 Å². The number of aliphatic hydroxyl groups excluding tert-OH is 1. The standard InChI is InChI=1S/C14H19F3N2O/c1-11(20)12-2-4-13(5-3-12)19-8-6-18(7-9-19)10-14(15,16)17/h2-5,11,20H,6-10H2,1H3/t11-/m0/s1. The highest BCUT2D eigenvalue weighted by molar-refractivity contribution is 5.48. The van der Waals surface area contributed by atoms with Crippen LogP contribution in [-0.4, -0.2) is 48.9 Å². The molecular weight excluding hydrogens is 269 g/mol. The lowest BCUT2D eigenvalue weighted by Crippen LogP contribution is -2.49. The van der Waals surface area contributed by atoms with Crippen molar-refractivity contribution in [3.05, 3.63) is 29.8 Å². The lowest BCUT2D eigenvalue weighted by Gasteiger charge is -2.36. The Morgan fingerprint density at radius 2 is 1.65 bits per heavy atom. The van der Waals surface area contributed by atoms with Gasteiger partial charge in [-0.2, -0.15) is 13.2 Å². The van der Waals surface area contributed by atoms with Gasteiger partial charge in [0.25, 0.3) is 0 Å². The first-order chi connectivity index (χ1) is 9.35. The molecule has 0 aromatic heterocycles. The molecule has 2 rings (SSSR count). The summed E-state index contributed by atoms with van der Waals surface area (Å²) in [7, 11) is 0. The SMILES string of the molecule is C[C@H](O)c1ccc(N2CCN(CC(F)(F)F)CC2)cc1. The zero-order chi connectivity index (χ0) is 14.8. The van der Waals surface area contributed by atoms with Crippen molar-refractivity contribution in [3.8, 4) is 0 Å². The number of rotatable bonds is 3. The third-order valence-electron chi connectivity index (χ3n) is 3.52. The van der Waals surface area contributed by atoms with Crippen LogP contribution in [-0.2, 0) is 0 Å². The first-order valence-corrected chi connectivity index (χ1v) is 6.67. The number of hydrogen-bond acceptors (Lipinski definition) is 3. The monoisotopic (exact) mass is 288 g/mol. The molecule has 0 amide bonds. The number of nitrogens with zero attached hydrogens (tertiary/aromatic N) is 2. The van der Waals surface area contributed by atoms with Gasteiger partial charge in [0.1, 0.15) is 0 Å². The molecule has 0 aliphatic carbocycles. The number of halogens is 3. The number of alkyl halides is 3. The number of anilines is 1. The molecule has 112 valence electrons. The largest absolute Gasteiger partial charge is 0.401 e. The average Bonchev–Trinajstić information content (AvgIpc) is 2.38. The van der Waals surface area contributed by atoms with E-state index in [0.717, 1.165) is 11.3 Å². The van der Waals surface area contributed by atoms with Crippen LogP contribution in [0.4, 0.5) is 18.9 Å². The van der Waals surface area contributed by atoms with Gasteiger partial charge in [0.05, 0.1) is 12.6 Å². The van der Waals surface area contributed by atoms with Gasteiger partial charge in [0, 0.05) is 31.9 Å². The van der Waals surface area contributed by atoms with Gasteiger partial charge in [-0.1, -0.05) is 12.1 Å². The van der Waals surface area contributed by atoms with Crippen molar-refractivity contribution in [1.29, 1.82) is 0 Å². The lowest BCUT2D eigenvalue weighted by atomic mass is 10.1. The molecule has 1 atom stereocenters. The summed E-state index contributed by atoms with van der Waals surface area (Å²) in [5, 5.41) is 9.44. The van der Waals surface area contributed by atoms with E-state index >= 15 is 0 Å². The molecule has 0 unspecified atom stereocenters. The van der Waals surface area contributed by atoms with Crippen molar-refractivity contribution in [3.63, 3.8) is 0 Å². The molecule has 0 spiro atoms. The van der Waals surface area contributed by atoms with E-state index in [-0.39, 0.29) is 0 Å². The van der Waals surface area contributed by atoms with Crippen molar-refractivity contribution >= 4 is 5.69 Å². The molecular formula is C14H19F3N2O. The Labute approximate surface area is 116 Å². The van der Waals surface area contributed by atoms with Crippen LogP contribution < -0.4 is 4.90 Å². The summed E-state index contributed by atoms with van der Waals surface area (Å²) in [5.41, 5.74) is 1.82. The molecule has 0 radical (unpaired) electrons. The maximum Gasteiger partial charge on any atom is 0.401 e. The molecule has 1 aromatic carbocycles. The number of benzene rings is 1. The van der Waals surface area contributed by atoms with Crippen LogP contribution in [0.2, 0.25) is 0 Å². The summed E-state index contributed by atoms with van der Waals surface area (Å²) in [6.45, 7) is 2.87. The fourth-order valence-electron chi connectivity index (χ4n) is 2.38. The van der Waals surface area contributed by atoms with E-state index in [1.165, 1.54) is 4.90 Å². The summed E-state index contributed by atoms with van der Waals surface area (Å²) in [5.74, 6) is 0. The van der Waals surface area contributed by atoms with Crippen LogP contribution >= 0.6 is 0 Å². The molecule has 1 aliphatic rings. The molecule has 20 heavy (non-hydrogen) atoms. The highest BCUT2D eigenvalue weighted by atomic mass is 19.4. The normalized spacial score (nSPS) is 19.1. The minimum absolute atomic E-state index is 0.414. The van der Waals surface area contributed by atoms with Crippen LogP contribution in [0.5, 0.6) is 0 Å². The molecule has 6 heteroatoms. The molecule has 1 heterocycles. The average molecular weight is 288 g/mol. The zero-order valence-electron chi connectivity index (χ0n) is 11.4. The van der Waals surface area contributed by atoms with Gasteiger partial charge in [0.15, 0.2) is 0 Å². The van der Waals surface area contributed by atoms with Gasteiger partial charge < -0.3 is 10.0 Å². The van der Waals surface area contributed by atoms with E-state index in [9.17, 15) is 18.3 Å². The fraction of sp³-hybridized carbons (Fsp3) is 0.571. The van der Waals surface area contributed by atoms with Crippen LogP contribution in [0.25, 0.3) is 0 Å². The van der Waals surface area contributed by atoms with Crippen LogP contribution in [0.3, 0.4) is 0 Å². The molecule has 3 nitrogen and oxygen atoms in total. The van der Waals surface area contributed by atoms with Crippen molar-refractivity contribution in [2.45, 2.75) is 19.2 Å². The fourth-order valence-corrected chi connectivity index (χ4v) is 2.38. The maximum absolute atomic E-state index is 12.3. The van der Waals surface area contributed by atoms with E-state index in [1.54, 1.807) is 6.92 Å². The highest BCUT2D eigenvalue weighted by Gasteiger charge is 2.32. The molecule has 1 aliphatic heterocycles. The van der Waals surface area contributed by atoms with Gasteiger partial charge in [-0.15, -0.1) is 0 Å². The molecule has 1 fully saturated rings. The van der Waals surface area contributed by atoms with Gasteiger partial charge in [-0.25, -0.2) is 0 Å². The topological polar surface area (TPSA) is 26.7 Å². The van der Waals surface area contributed by atoms with E-state index in [4.69, 9.17) is 0 Å². The van der Waals surface area contributed by atoms with Crippen LogP contribution in [0.1, 0.15) is 18.6 Å². The second kappa shape index (κ2) is 6.01. The molecule has 1 saturated heterocycles. The zero-order valence-corrected chi connectivity index (χ0v) is 11.4. The summed E-state index contributed by atoms with van der Waals surface area (Å²) in [4.78, 5) is 3.50. The Morgan fingerprint density at radius 3 is 2.10 bits per heavy atom. The summed E-state index contributed by atoms with van der Waals surface area (Å²) in [6, 6.07) is 7.51. The Balaban J connectivity index is 1.90. The number of piperazine rings is 1. The minimum Gasteiger partial charge on any atom is -0.389 e. The second-order valence-electron chi connectivity index (χ2n) is 5.15. The van der Waals surface area contributed by atoms with E-state index < -0.39 is 18.8 Å². The quantitative estimate of drug-likeness (QED) is 0.925. The van der Waals surface area contributed by atoms with E-state index in [2.05, 4.69) is 4.90 Å². The smallest absolute Gasteiger partial charge is 0.389 e. The Hall–Kier alpha value is -1.27. The molecule has 0 bridgehead atoms. The van der Waals surface area contributed by atoms with Gasteiger partial charge in [0.2, 0.25) is 0 Å². The first kappa shape index (κ1) is 15.1. The first-order valence-electron chi connectivity index (χ1n) is 6.67. The predicted molar refractivity (Wildman–Crippen MR) is 71.8 cm³/mol. The molecule has 1 N–H and O–H groups in total. The second-order valence-corrected chi connectivity index (χ2v) is 5.15. The summed E-state index contributed by atoms with van der Waals surface area (Å²) in [6.07, 6.45) is -4.63. The van der Waals surface area contributed by atoms with E-state index in [1.807, 2.05) is 24.3 Å². The highest BCUT2D eigenvalue weighted by Crippen LogP contribution is 2.22. The third kappa shape index (κ3) is 4.11. The van der Waals surface area contributed by atoms with Crippen molar-refractivity contribution in [2.24, 2.45) is 0 Å². The maximum atomic E-state index is 12.3. The number of hydrogen-bond donors (Lipinski definition) is 1. The van der Waals surface area contributed by atoms with Gasteiger partial charge in [-0.05, 0) is 24.6 Å². The Morgan fingerprint density at radius 1 is 1.10 bits per heavy atom. The lowest BCUT2D eigenvalue weighted by molar-refractivity contribution is -0.146. The van der Waals surface area contributed by atoms with Crippen molar-refractivity contribution < 1.29 is 18.3 Å². The Bertz CT molecular complexity index is 423. The predicted octanol–water partition coefficient (Wildman–Crippen LogP) is 2.42. The van der Waals surface area contributed by atoms with Gasteiger partial charge >= 0.3 is 6.18 Å². The summed E-state index contributed by atoms with van der Waals surface area (Å²) >= 11 is 0. The number of aliphatic hydroxyl groups is 1. The minimum atomic E-state index is -4.12. The van der Waals surface area contributed by atoms with Crippen LogP contribution in [0, 0.1) is 0 Å². The van der Waals surface area contributed by atoms with Gasteiger partial charge in [-0.3, -0.25) is 4.90 Å². The molecule has 1 aromatic rings. The van der Waals surface area contributed by atoms with Crippen molar-refractivity contribution in [1.82, 2.24) is 4.90 Å². The Kier molecular flexibility index (Phi) is 4.55.